The van der Waals surface area contributed by atoms with Crippen LogP contribution >= 0.6 is 11.3 Å². The van der Waals surface area contributed by atoms with Gasteiger partial charge >= 0.3 is 5.97 Å². The number of carbonyl (C=O) groups is 1. The average Bonchev–Trinajstić information content (AvgIpc) is 2.89. The Morgan fingerprint density at radius 2 is 1.95 bits per heavy atom. The molecule has 0 unspecified atom stereocenters. The molecular weight excluding hydrogens is 282 g/mol. The Morgan fingerprint density at radius 1 is 1.19 bits per heavy atom. The quantitative estimate of drug-likeness (QED) is 0.732. The van der Waals surface area contributed by atoms with Crippen molar-refractivity contribution in [1.82, 2.24) is 0 Å². The summed E-state index contributed by atoms with van der Waals surface area (Å²) in [5.74, 6) is -0.355. The molecule has 1 heterocycles. The number of carbonyl (C=O) groups excluding carboxylic acids is 1. The Balaban J connectivity index is 2.12. The minimum absolute atomic E-state index is 0.347. The van der Waals surface area contributed by atoms with Crippen molar-refractivity contribution in [2.24, 2.45) is 0 Å². The maximum absolute atomic E-state index is 11.9. The molecule has 0 saturated heterocycles. The molecule has 0 fully saturated rings. The molecule has 3 rings (SSSR count). The number of benzene rings is 2. The van der Waals surface area contributed by atoms with Crippen LogP contribution in [0.3, 0.4) is 0 Å². The number of esters is 1. The molecule has 0 spiro atoms. The number of hydrogen-bond donors (Lipinski definition) is 1. The summed E-state index contributed by atoms with van der Waals surface area (Å²) in [6.45, 7) is 2.13. The van der Waals surface area contributed by atoms with E-state index in [0.29, 0.717) is 17.2 Å². The van der Waals surface area contributed by atoms with Gasteiger partial charge in [-0.3, -0.25) is 0 Å². The summed E-state index contributed by atoms with van der Waals surface area (Å²) in [4.78, 5) is 13.3. The lowest BCUT2D eigenvalue weighted by molar-refractivity contribution is 0.0533. The van der Waals surface area contributed by atoms with Crippen LogP contribution in [0.2, 0.25) is 0 Å². The lowest BCUT2D eigenvalue weighted by Crippen LogP contribution is -2.04. The van der Waals surface area contributed by atoms with Crippen LogP contribution < -0.4 is 5.73 Å². The van der Waals surface area contributed by atoms with Crippen molar-refractivity contribution in [3.05, 3.63) is 53.4 Å². The largest absolute Gasteiger partial charge is 0.462 e. The van der Waals surface area contributed by atoms with Gasteiger partial charge in [-0.05, 0) is 29.3 Å². The predicted molar refractivity (Wildman–Crippen MR) is 87.6 cm³/mol. The standard InChI is InChI=1S/C17H15NO2S/c1-2-20-17(19)16-14(18)10-15(21-16)13-9-5-7-11-6-3-4-8-12(11)13/h3-10H,2,18H2,1H3. The third-order valence-corrected chi connectivity index (χ3v) is 4.44. The first kappa shape index (κ1) is 13.6. The van der Waals surface area contributed by atoms with E-state index in [9.17, 15) is 4.79 Å². The maximum Gasteiger partial charge on any atom is 0.350 e. The first-order valence-electron chi connectivity index (χ1n) is 6.75. The van der Waals surface area contributed by atoms with Crippen molar-refractivity contribution >= 4 is 33.8 Å². The monoisotopic (exact) mass is 297 g/mol. The minimum atomic E-state index is -0.355. The molecule has 0 saturated carbocycles. The second-order valence-corrected chi connectivity index (χ2v) is 5.69. The number of nitrogen functional groups attached to an aromatic ring is 1. The van der Waals surface area contributed by atoms with Crippen LogP contribution in [-0.2, 0) is 4.74 Å². The normalized spacial score (nSPS) is 10.7. The summed E-state index contributed by atoms with van der Waals surface area (Å²) < 4.78 is 5.04. The molecule has 0 bridgehead atoms. The zero-order chi connectivity index (χ0) is 14.8. The fraction of sp³-hybridized carbons (Fsp3) is 0.118. The van der Waals surface area contributed by atoms with Crippen molar-refractivity contribution in [2.45, 2.75) is 6.92 Å². The second-order valence-electron chi connectivity index (χ2n) is 4.64. The molecule has 21 heavy (non-hydrogen) atoms. The topological polar surface area (TPSA) is 52.3 Å². The van der Waals surface area contributed by atoms with Gasteiger partial charge in [-0.1, -0.05) is 42.5 Å². The molecule has 0 aliphatic heterocycles. The van der Waals surface area contributed by atoms with Gasteiger partial charge in [0, 0.05) is 4.88 Å². The van der Waals surface area contributed by atoms with Crippen LogP contribution in [0.25, 0.3) is 21.2 Å². The zero-order valence-corrected chi connectivity index (χ0v) is 12.4. The van der Waals surface area contributed by atoms with Crippen LogP contribution in [-0.4, -0.2) is 12.6 Å². The second kappa shape index (κ2) is 5.58. The van der Waals surface area contributed by atoms with Crippen LogP contribution in [0, 0.1) is 0 Å². The smallest absolute Gasteiger partial charge is 0.350 e. The molecule has 4 heteroatoms. The van der Waals surface area contributed by atoms with Gasteiger partial charge in [0.1, 0.15) is 4.88 Å². The maximum atomic E-state index is 11.9. The first-order valence-corrected chi connectivity index (χ1v) is 7.57. The molecule has 2 N–H and O–H groups in total. The lowest BCUT2D eigenvalue weighted by Gasteiger charge is -2.03. The third kappa shape index (κ3) is 2.50. The van der Waals surface area contributed by atoms with E-state index in [0.717, 1.165) is 15.8 Å². The van der Waals surface area contributed by atoms with E-state index in [1.54, 1.807) is 6.92 Å². The van der Waals surface area contributed by atoms with Crippen molar-refractivity contribution in [3.8, 4) is 10.4 Å². The number of rotatable bonds is 3. The van der Waals surface area contributed by atoms with Crippen molar-refractivity contribution in [1.29, 1.82) is 0 Å². The Labute approximate surface area is 127 Å². The van der Waals surface area contributed by atoms with E-state index >= 15 is 0 Å². The molecule has 0 amide bonds. The molecule has 2 aromatic carbocycles. The van der Waals surface area contributed by atoms with E-state index in [1.165, 1.54) is 16.7 Å². The highest BCUT2D eigenvalue weighted by atomic mass is 32.1. The summed E-state index contributed by atoms with van der Waals surface area (Å²) in [6, 6.07) is 16.1. The van der Waals surface area contributed by atoms with Crippen molar-refractivity contribution in [3.63, 3.8) is 0 Å². The van der Waals surface area contributed by atoms with Gasteiger partial charge in [-0.2, -0.15) is 0 Å². The van der Waals surface area contributed by atoms with Crippen molar-refractivity contribution in [2.75, 3.05) is 12.3 Å². The van der Waals surface area contributed by atoms with E-state index in [1.807, 2.05) is 30.3 Å². The molecule has 3 nitrogen and oxygen atoms in total. The van der Waals surface area contributed by atoms with Gasteiger partial charge in [0.2, 0.25) is 0 Å². The Hall–Kier alpha value is -2.33. The SMILES string of the molecule is CCOC(=O)c1sc(-c2cccc3ccccc23)cc1N. The van der Waals surface area contributed by atoms with Crippen LogP contribution in [0.5, 0.6) is 0 Å². The Kier molecular flexibility index (Phi) is 3.62. The van der Waals surface area contributed by atoms with Crippen LogP contribution in [0.1, 0.15) is 16.6 Å². The number of thiophene rings is 1. The first-order chi connectivity index (χ1) is 10.2. The van der Waals surface area contributed by atoms with Gasteiger partial charge in [0.25, 0.3) is 0 Å². The molecule has 0 atom stereocenters. The molecule has 106 valence electrons. The van der Waals surface area contributed by atoms with Crippen molar-refractivity contribution < 1.29 is 9.53 Å². The summed E-state index contributed by atoms with van der Waals surface area (Å²) >= 11 is 1.38. The summed E-state index contributed by atoms with van der Waals surface area (Å²) in [6.07, 6.45) is 0. The average molecular weight is 297 g/mol. The van der Waals surface area contributed by atoms with Gasteiger partial charge < -0.3 is 10.5 Å². The number of ether oxygens (including phenoxy) is 1. The van der Waals surface area contributed by atoms with E-state index in [4.69, 9.17) is 10.5 Å². The molecule has 3 aromatic rings. The van der Waals surface area contributed by atoms with Gasteiger partial charge in [-0.25, -0.2) is 4.79 Å². The molecular formula is C17H15NO2S. The Morgan fingerprint density at radius 3 is 2.76 bits per heavy atom. The summed E-state index contributed by atoms with van der Waals surface area (Å²) in [5.41, 5.74) is 7.52. The van der Waals surface area contributed by atoms with E-state index in [-0.39, 0.29) is 5.97 Å². The van der Waals surface area contributed by atoms with Gasteiger partial charge in [-0.15, -0.1) is 11.3 Å². The van der Waals surface area contributed by atoms with E-state index < -0.39 is 0 Å². The molecule has 0 aliphatic carbocycles. The van der Waals surface area contributed by atoms with Gasteiger partial charge in [0.05, 0.1) is 12.3 Å². The fourth-order valence-electron chi connectivity index (χ4n) is 2.33. The zero-order valence-electron chi connectivity index (χ0n) is 11.6. The highest BCUT2D eigenvalue weighted by Crippen LogP contribution is 2.37. The number of anilines is 1. The highest BCUT2D eigenvalue weighted by Gasteiger charge is 2.17. The number of nitrogens with two attached hydrogens (primary N) is 1. The molecule has 0 radical (unpaired) electrons. The highest BCUT2D eigenvalue weighted by molar-refractivity contribution is 7.18. The third-order valence-electron chi connectivity index (χ3n) is 3.28. The summed E-state index contributed by atoms with van der Waals surface area (Å²) in [5, 5.41) is 2.32. The molecule has 1 aromatic heterocycles. The predicted octanol–water partition coefficient (Wildman–Crippen LogP) is 4.33. The lowest BCUT2D eigenvalue weighted by atomic mass is 10.0. The van der Waals surface area contributed by atoms with Crippen LogP contribution in [0.15, 0.2) is 48.5 Å². The fourth-order valence-corrected chi connectivity index (χ4v) is 3.35. The van der Waals surface area contributed by atoms with Crippen LogP contribution in [0.4, 0.5) is 5.69 Å². The van der Waals surface area contributed by atoms with Gasteiger partial charge in [0.15, 0.2) is 0 Å². The summed E-state index contributed by atoms with van der Waals surface area (Å²) in [7, 11) is 0. The Bertz CT molecular complexity index is 802. The van der Waals surface area contributed by atoms with E-state index in [2.05, 4.69) is 18.2 Å². The minimum Gasteiger partial charge on any atom is -0.462 e. The number of hydrogen-bond acceptors (Lipinski definition) is 4. The molecule has 0 aliphatic rings. The number of fused-ring (bicyclic) bond motifs is 1.